The first-order chi connectivity index (χ1) is 17.4. The van der Waals surface area contributed by atoms with Crippen molar-refractivity contribution < 1.29 is 17.9 Å². The van der Waals surface area contributed by atoms with Gasteiger partial charge in [0.25, 0.3) is 5.91 Å². The first kappa shape index (κ1) is 25.4. The molecule has 1 aliphatic rings. The van der Waals surface area contributed by atoms with Crippen molar-refractivity contribution in [1.82, 2.24) is 9.73 Å². The first-order valence-electron chi connectivity index (χ1n) is 11.2. The molecule has 1 N–H and O–H groups in total. The largest absolute Gasteiger partial charge is 0.489 e. The molecule has 1 fully saturated rings. The highest BCUT2D eigenvalue weighted by atomic mass is 35.5. The molecule has 0 saturated carbocycles. The van der Waals surface area contributed by atoms with Crippen LogP contribution in [-0.2, 0) is 21.4 Å². The fourth-order valence-electron chi connectivity index (χ4n) is 3.84. The molecule has 0 aliphatic carbocycles. The van der Waals surface area contributed by atoms with Crippen LogP contribution in [0.15, 0.2) is 82.8 Å². The van der Waals surface area contributed by atoms with Crippen molar-refractivity contribution in [3.05, 3.63) is 94.5 Å². The van der Waals surface area contributed by atoms with Gasteiger partial charge in [0.15, 0.2) is 0 Å². The molecular weight excluding hydrogens is 500 g/mol. The number of ether oxygens (including phenoxy) is 1. The molecule has 1 heterocycles. The summed E-state index contributed by atoms with van der Waals surface area (Å²) < 4.78 is 33.0. The molecule has 1 aliphatic heterocycles. The van der Waals surface area contributed by atoms with E-state index in [9.17, 15) is 18.5 Å². The van der Waals surface area contributed by atoms with Gasteiger partial charge in [0.05, 0.1) is 22.7 Å². The van der Waals surface area contributed by atoms with E-state index in [1.807, 2.05) is 12.1 Å². The number of nitriles is 1. The van der Waals surface area contributed by atoms with Gasteiger partial charge in [-0.05, 0) is 73.0 Å². The van der Waals surface area contributed by atoms with Gasteiger partial charge in [-0.15, -0.1) is 0 Å². The Hall–Kier alpha value is -3.71. The molecule has 36 heavy (non-hydrogen) atoms. The Balaban J connectivity index is 1.34. The van der Waals surface area contributed by atoms with Crippen molar-refractivity contribution in [2.24, 2.45) is 5.10 Å². The van der Waals surface area contributed by atoms with Crippen LogP contribution in [0.1, 0.15) is 29.5 Å². The van der Waals surface area contributed by atoms with Gasteiger partial charge in [0.2, 0.25) is 10.0 Å². The monoisotopic (exact) mass is 522 g/mol. The Morgan fingerprint density at radius 1 is 1.14 bits per heavy atom. The second kappa shape index (κ2) is 11.4. The smallest absolute Gasteiger partial charge is 0.258 e. The summed E-state index contributed by atoms with van der Waals surface area (Å²) in [5.74, 6) is 0.135. The Labute approximate surface area is 214 Å². The van der Waals surface area contributed by atoms with E-state index in [0.717, 1.165) is 11.1 Å². The second-order valence-electron chi connectivity index (χ2n) is 8.09. The fourth-order valence-corrected chi connectivity index (χ4v) is 5.63. The maximum atomic E-state index is 13.0. The highest BCUT2D eigenvalue weighted by molar-refractivity contribution is 7.89. The molecule has 0 unspecified atom stereocenters. The van der Waals surface area contributed by atoms with Gasteiger partial charge in [-0.1, -0.05) is 29.8 Å². The SMILES string of the molecule is N#Cc1ccccc1COc1ccc(/C=N\NC(=O)[C@H]2CCCN2S(=O)(=O)c2ccc(Cl)cc2)cc1. The van der Waals surface area contributed by atoms with E-state index in [0.29, 0.717) is 29.2 Å². The predicted molar refractivity (Wildman–Crippen MR) is 136 cm³/mol. The lowest BCUT2D eigenvalue weighted by Gasteiger charge is -2.22. The Morgan fingerprint density at radius 2 is 1.86 bits per heavy atom. The number of rotatable bonds is 8. The Morgan fingerprint density at radius 3 is 2.58 bits per heavy atom. The van der Waals surface area contributed by atoms with E-state index >= 15 is 0 Å². The minimum Gasteiger partial charge on any atom is -0.489 e. The summed E-state index contributed by atoms with van der Waals surface area (Å²) in [6.45, 7) is 0.525. The van der Waals surface area contributed by atoms with Crippen molar-refractivity contribution in [3.8, 4) is 11.8 Å². The van der Waals surface area contributed by atoms with Gasteiger partial charge in [-0.2, -0.15) is 14.7 Å². The lowest BCUT2D eigenvalue weighted by atomic mass is 10.1. The van der Waals surface area contributed by atoms with Crippen LogP contribution in [0.2, 0.25) is 5.02 Å². The molecule has 3 aromatic rings. The van der Waals surface area contributed by atoms with Gasteiger partial charge < -0.3 is 4.74 Å². The number of hydrazone groups is 1. The summed E-state index contributed by atoms with van der Waals surface area (Å²) in [7, 11) is -3.83. The number of sulfonamides is 1. The number of benzene rings is 3. The summed E-state index contributed by atoms with van der Waals surface area (Å²) in [6, 6.07) is 21.5. The molecule has 0 aromatic heterocycles. The second-order valence-corrected chi connectivity index (χ2v) is 10.4. The van der Waals surface area contributed by atoms with Crippen LogP contribution < -0.4 is 10.2 Å². The van der Waals surface area contributed by atoms with Gasteiger partial charge in [-0.3, -0.25) is 4.79 Å². The van der Waals surface area contributed by atoms with Crippen molar-refractivity contribution >= 4 is 33.7 Å². The van der Waals surface area contributed by atoms with Crippen molar-refractivity contribution in [1.29, 1.82) is 5.26 Å². The molecule has 4 rings (SSSR count). The molecule has 1 atom stereocenters. The minimum absolute atomic E-state index is 0.0912. The molecular formula is C26H23ClN4O4S. The van der Waals surface area contributed by atoms with Crippen LogP contribution in [0.25, 0.3) is 0 Å². The molecule has 10 heteroatoms. The number of nitrogens with one attached hydrogen (secondary N) is 1. The number of carbonyl (C=O) groups excluding carboxylic acids is 1. The summed E-state index contributed by atoms with van der Waals surface area (Å²) in [4.78, 5) is 12.8. The molecule has 184 valence electrons. The molecule has 3 aromatic carbocycles. The Bertz CT molecular complexity index is 1400. The van der Waals surface area contributed by atoms with Gasteiger partial charge in [0, 0.05) is 17.1 Å². The number of nitrogens with zero attached hydrogens (tertiary/aromatic N) is 3. The lowest BCUT2D eigenvalue weighted by Crippen LogP contribution is -2.44. The number of halogens is 1. The van der Waals surface area contributed by atoms with Gasteiger partial charge in [-0.25, -0.2) is 13.8 Å². The molecule has 0 spiro atoms. The maximum absolute atomic E-state index is 13.0. The molecule has 8 nitrogen and oxygen atoms in total. The normalized spacial score (nSPS) is 16.1. The van der Waals surface area contributed by atoms with Gasteiger partial charge >= 0.3 is 0 Å². The van der Waals surface area contributed by atoms with Crippen LogP contribution >= 0.6 is 11.6 Å². The van der Waals surface area contributed by atoms with E-state index in [-0.39, 0.29) is 18.0 Å². The standard InChI is InChI=1S/C26H23ClN4O4S/c27-22-9-13-24(14-10-22)36(33,34)31-15-3-6-25(31)26(32)30-29-17-19-7-11-23(12-8-19)35-18-21-5-2-1-4-20(21)16-28/h1-2,4-5,7-14,17,25H,3,6,15,18H2,(H,30,32)/b29-17-/t25-/m1/s1. The zero-order chi connectivity index (χ0) is 25.5. The average molecular weight is 523 g/mol. The van der Waals surface area contributed by atoms with Crippen molar-refractivity contribution in [2.45, 2.75) is 30.4 Å². The van der Waals surface area contributed by atoms with Crippen molar-refractivity contribution in [2.75, 3.05) is 6.54 Å². The highest BCUT2D eigenvalue weighted by Gasteiger charge is 2.39. The average Bonchev–Trinajstić information content (AvgIpc) is 3.40. The van der Waals surface area contributed by atoms with Crippen LogP contribution in [-0.4, -0.2) is 37.4 Å². The number of amides is 1. The first-order valence-corrected chi connectivity index (χ1v) is 13.0. The van der Waals surface area contributed by atoms with Crippen LogP contribution in [0.3, 0.4) is 0 Å². The lowest BCUT2D eigenvalue weighted by molar-refractivity contribution is -0.124. The third-order valence-corrected chi connectivity index (χ3v) is 7.90. The summed E-state index contributed by atoms with van der Waals surface area (Å²) in [6.07, 6.45) is 2.46. The third kappa shape index (κ3) is 5.91. The predicted octanol–water partition coefficient (Wildman–Crippen LogP) is 4.09. The van der Waals surface area contributed by atoms with E-state index in [1.54, 1.807) is 36.4 Å². The third-order valence-electron chi connectivity index (χ3n) is 5.73. The van der Waals surface area contributed by atoms with Crippen molar-refractivity contribution in [3.63, 3.8) is 0 Å². The van der Waals surface area contributed by atoms with E-state index in [2.05, 4.69) is 16.6 Å². The topological polar surface area (TPSA) is 112 Å². The van der Waals surface area contributed by atoms with Crippen LogP contribution in [0.4, 0.5) is 0 Å². The molecule has 0 bridgehead atoms. The van der Waals surface area contributed by atoms with Crippen LogP contribution in [0.5, 0.6) is 5.75 Å². The number of carbonyl (C=O) groups is 1. The molecule has 0 radical (unpaired) electrons. The van der Waals surface area contributed by atoms with Crippen LogP contribution in [0, 0.1) is 11.3 Å². The zero-order valence-electron chi connectivity index (χ0n) is 19.2. The van der Waals surface area contributed by atoms with E-state index in [1.165, 1.54) is 34.8 Å². The Kier molecular flexibility index (Phi) is 8.00. The van der Waals surface area contributed by atoms with Gasteiger partial charge in [0.1, 0.15) is 18.4 Å². The summed E-state index contributed by atoms with van der Waals surface area (Å²) in [5.41, 5.74) is 4.54. The molecule has 1 amide bonds. The fraction of sp³-hybridized carbons (Fsp3) is 0.192. The number of hydrogen-bond acceptors (Lipinski definition) is 6. The van der Waals surface area contributed by atoms with E-state index < -0.39 is 22.0 Å². The minimum atomic E-state index is -3.83. The highest BCUT2D eigenvalue weighted by Crippen LogP contribution is 2.27. The summed E-state index contributed by atoms with van der Waals surface area (Å²) >= 11 is 5.86. The zero-order valence-corrected chi connectivity index (χ0v) is 20.7. The van der Waals surface area contributed by atoms with E-state index in [4.69, 9.17) is 16.3 Å². The quantitative estimate of drug-likeness (QED) is 0.353. The number of hydrogen-bond donors (Lipinski definition) is 1. The maximum Gasteiger partial charge on any atom is 0.258 e. The summed E-state index contributed by atoms with van der Waals surface area (Å²) in [5, 5.41) is 13.6. The molecule has 1 saturated heterocycles.